The molecular formula is C31H29N3O4. The van der Waals surface area contributed by atoms with E-state index in [4.69, 9.17) is 0 Å². The third kappa shape index (κ3) is 4.41. The molecule has 3 aromatic carbocycles. The number of aryl methyl sites for hydroxylation is 1. The molecule has 38 heavy (non-hydrogen) atoms. The van der Waals surface area contributed by atoms with E-state index in [1.54, 1.807) is 29.2 Å². The van der Waals surface area contributed by atoms with Crippen LogP contribution >= 0.6 is 0 Å². The molecule has 0 saturated carbocycles. The number of anilines is 1. The van der Waals surface area contributed by atoms with E-state index in [0.29, 0.717) is 40.9 Å². The van der Waals surface area contributed by atoms with E-state index in [1.165, 1.54) is 12.1 Å². The van der Waals surface area contributed by atoms with Gasteiger partial charge in [-0.05, 0) is 36.5 Å². The molecule has 0 spiro atoms. The van der Waals surface area contributed by atoms with Crippen LogP contribution in [0.5, 0.6) is 0 Å². The van der Waals surface area contributed by atoms with E-state index >= 15 is 0 Å². The molecule has 1 aliphatic heterocycles. The summed E-state index contributed by atoms with van der Waals surface area (Å²) in [5.74, 6) is -0.692. The van der Waals surface area contributed by atoms with Crippen LogP contribution in [0.15, 0.2) is 95.7 Å². The van der Waals surface area contributed by atoms with Crippen LogP contribution in [-0.4, -0.2) is 21.6 Å². The number of aliphatic hydroxyl groups excluding tert-OH is 1. The summed E-state index contributed by atoms with van der Waals surface area (Å²) in [5.41, 5.74) is 4.13. The van der Waals surface area contributed by atoms with E-state index in [1.807, 2.05) is 63.2 Å². The Kier molecular flexibility index (Phi) is 6.23. The highest BCUT2D eigenvalue weighted by Crippen LogP contribution is 2.51. The van der Waals surface area contributed by atoms with Gasteiger partial charge in [0.25, 0.3) is 5.69 Å². The van der Waals surface area contributed by atoms with E-state index in [-0.39, 0.29) is 28.5 Å². The smallest absolute Gasteiger partial charge is 0.269 e. The first kappa shape index (κ1) is 25.1. The van der Waals surface area contributed by atoms with Crippen LogP contribution in [0.4, 0.5) is 11.4 Å². The molecule has 192 valence electrons. The van der Waals surface area contributed by atoms with Crippen molar-refractivity contribution in [3.8, 4) is 0 Å². The summed E-state index contributed by atoms with van der Waals surface area (Å²) in [4.78, 5) is 26.4. The van der Waals surface area contributed by atoms with Gasteiger partial charge in [-0.25, -0.2) is 0 Å². The first-order valence-corrected chi connectivity index (χ1v) is 12.5. The molecule has 1 heterocycles. The second-order valence-electron chi connectivity index (χ2n) is 10.7. The molecule has 0 bridgehead atoms. The Bertz CT molecular complexity index is 1500. The van der Waals surface area contributed by atoms with Crippen LogP contribution in [0.2, 0.25) is 0 Å². The number of carbonyl (C=O) groups is 1. The summed E-state index contributed by atoms with van der Waals surface area (Å²) >= 11 is 0. The number of Topliss-reactive ketones (excluding diaryl/α,β-unsaturated/α-hetero) is 1. The number of hydrogen-bond acceptors (Lipinski definition) is 5. The number of rotatable bonds is 4. The summed E-state index contributed by atoms with van der Waals surface area (Å²) in [6.45, 7) is 6.04. The number of ketones is 1. The first-order chi connectivity index (χ1) is 18.1. The van der Waals surface area contributed by atoms with Crippen molar-refractivity contribution in [2.24, 2.45) is 5.41 Å². The monoisotopic (exact) mass is 507 g/mol. The highest BCUT2D eigenvalue weighted by molar-refractivity contribution is 6.19. The van der Waals surface area contributed by atoms with Crippen molar-refractivity contribution in [3.05, 3.63) is 123 Å². The Labute approximate surface area is 221 Å². The van der Waals surface area contributed by atoms with Crippen molar-refractivity contribution in [2.75, 3.05) is 4.90 Å². The molecule has 0 unspecified atom stereocenters. The van der Waals surface area contributed by atoms with Crippen molar-refractivity contribution in [3.63, 3.8) is 0 Å². The second-order valence-corrected chi connectivity index (χ2v) is 10.7. The topological polar surface area (TPSA) is 108 Å². The maximum absolute atomic E-state index is 13.9. The highest BCUT2D eigenvalue weighted by atomic mass is 16.6. The summed E-state index contributed by atoms with van der Waals surface area (Å²) in [6.07, 6.45) is 0.879. The fourth-order valence-corrected chi connectivity index (χ4v) is 5.47. The van der Waals surface area contributed by atoms with Crippen LogP contribution in [0, 0.1) is 27.9 Å². The molecule has 5 rings (SSSR count). The predicted octanol–water partition coefficient (Wildman–Crippen LogP) is 7.10. The predicted molar refractivity (Wildman–Crippen MR) is 148 cm³/mol. The lowest BCUT2D eigenvalue weighted by Crippen LogP contribution is -2.45. The number of nitro benzene ring substituents is 1. The Morgan fingerprint density at radius 2 is 1.63 bits per heavy atom. The SMILES string of the molecule is Cc1ccc([C@H]2C(=C(O)c3ccccc3)C(=N)N(c3ccc([N+](=O)[O-])cc3)C3=C2C(=O)CC(C)(C)C3)cc1. The van der Waals surface area contributed by atoms with Crippen molar-refractivity contribution < 1.29 is 14.8 Å². The van der Waals surface area contributed by atoms with Crippen molar-refractivity contribution in [1.29, 1.82) is 5.41 Å². The minimum atomic E-state index is -0.629. The molecule has 0 fully saturated rings. The average Bonchev–Trinajstić information content (AvgIpc) is 2.88. The Balaban J connectivity index is 1.83. The lowest BCUT2D eigenvalue weighted by Gasteiger charge is -2.45. The molecule has 2 N–H and O–H groups in total. The highest BCUT2D eigenvalue weighted by Gasteiger charge is 2.46. The molecule has 7 heteroatoms. The van der Waals surface area contributed by atoms with Gasteiger partial charge in [-0.2, -0.15) is 0 Å². The van der Waals surface area contributed by atoms with Crippen LogP contribution < -0.4 is 4.90 Å². The minimum absolute atomic E-state index is 0.0281. The van der Waals surface area contributed by atoms with Gasteiger partial charge in [0.1, 0.15) is 11.6 Å². The number of allylic oxidation sites excluding steroid dienone is 2. The summed E-state index contributed by atoms with van der Waals surface area (Å²) < 4.78 is 0. The number of benzene rings is 3. The molecule has 2 aliphatic rings. The summed E-state index contributed by atoms with van der Waals surface area (Å²) in [6, 6.07) is 22.8. The zero-order valence-electron chi connectivity index (χ0n) is 21.6. The number of aliphatic hydroxyl groups is 1. The number of nitro groups is 1. The van der Waals surface area contributed by atoms with Gasteiger partial charge in [-0.3, -0.25) is 25.2 Å². The van der Waals surface area contributed by atoms with E-state index < -0.39 is 10.8 Å². The van der Waals surface area contributed by atoms with Crippen molar-refractivity contribution >= 4 is 28.8 Å². The van der Waals surface area contributed by atoms with Crippen LogP contribution in [0.25, 0.3) is 5.76 Å². The molecular weight excluding hydrogens is 478 g/mol. The lowest BCUT2D eigenvalue weighted by molar-refractivity contribution is -0.384. The maximum atomic E-state index is 13.9. The number of non-ortho nitro benzene ring substituents is 1. The third-order valence-electron chi connectivity index (χ3n) is 7.25. The van der Waals surface area contributed by atoms with Gasteiger partial charge in [0, 0.05) is 52.6 Å². The number of nitrogens with one attached hydrogen (secondary N) is 1. The number of hydrogen-bond donors (Lipinski definition) is 2. The molecule has 7 nitrogen and oxygen atoms in total. The standard InChI is InChI=1S/C31H29N3O4/c1-19-9-11-20(12-10-19)26-27-24(17-31(2,3)18-25(27)35)33(22-13-15-23(16-14-22)34(37)38)30(32)28(26)29(36)21-7-5-4-6-8-21/h4-16,26,32,36H,17-18H2,1-3H3/t26-/m1/s1. The average molecular weight is 508 g/mol. The number of carbonyl (C=O) groups excluding carboxylic acids is 1. The number of amidine groups is 1. The molecule has 3 aromatic rings. The largest absolute Gasteiger partial charge is 0.507 e. The quantitative estimate of drug-likeness (QED) is 0.223. The zero-order valence-corrected chi connectivity index (χ0v) is 21.6. The van der Waals surface area contributed by atoms with E-state index in [2.05, 4.69) is 0 Å². The van der Waals surface area contributed by atoms with Crippen molar-refractivity contribution in [2.45, 2.75) is 39.5 Å². The van der Waals surface area contributed by atoms with Gasteiger partial charge < -0.3 is 5.11 Å². The molecule has 0 amide bonds. The normalized spacial score (nSPS) is 20.3. The fraction of sp³-hybridized carbons (Fsp3) is 0.226. The molecule has 0 aromatic heterocycles. The zero-order chi connectivity index (χ0) is 27.2. The minimum Gasteiger partial charge on any atom is -0.507 e. The van der Waals surface area contributed by atoms with E-state index in [0.717, 1.165) is 11.1 Å². The van der Waals surface area contributed by atoms with Crippen molar-refractivity contribution in [1.82, 2.24) is 0 Å². The molecule has 1 atom stereocenters. The summed E-state index contributed by atoms with van der Waals surface area (Å²) in [5, 5.41) is 32.4. The van der Waals surface area contributed by atoms with Gasteiger partial charge in [-0.15, -0.1) is 0 Å². The Hall–Kier alpha value is -4.52. The van der Waals surface area contributed by atoms with Gasteiger partial charge in [0.2, 0.25) is 0 Å². The summed E-state index contributed by atoms with van der Waals surface area (Å²) in [7, 11) is 0. The van der Waals surface area contributed by atoms with Crippen LogP contribution in [-0.2, 0) is 4.79 Å². The van der Waals surface area contributed by atoms with Gasteiger partial charge in [0.15, 0.2) is 5.78 Å². The lowest BCUT2D eigenvalue weighted by atomic mass is 9.67. The maximum Gasteiger partial charge on any atom is 0.269 e. The molecule has 0 saturated heterocycles. The first-order valence-electron chi connectivity index (χ1n) is 12.5. The fourth-order valence-electron chi connectivity index (χ4n) is 5.47. The second kappa shape index (κ2) is 9.41. The van der Waals surface area contributed by atoms with Crippen LogP contribution in [0.1, 0.15) is 49.3 Å². The number of nitrogens with zero attached hydrogens (tertiary/aromatic N) is 2. The van der Waals surface area contributed by atoms with Gasteiger partial charge in [-0.1, -0.05) is 74.0 Å². The van der Waals surface area contributed by atoms with Crippen LogP contribution in [0.3, 0.4) is 0 Å². The Morgan fingerprint density at radius 3 is 2.24 bits per heavy atom. The van der Waals surface area contributed by atoms with Gasteiger partial charge in [0.05, 0.1) is 4.92 Å². The molecule has 0 radical (unpaired) electrons. The van der Waals surface area contributed by atoms with Gasteiger partial charge >= 0.3 is 0 Å². The Morgan fingerprint density at radius 1 is 1.00 bits per heavy atom. The van der Waals surface area contributed by atoms with E-state index in [9.17, 15) is 25.4 Å². The third-order valence-corrected chi connectivity index (χ3v) is 7.25. The molecule has 1 aliphatic carbocycles.